The minimum absolute atomic E-state index is 0.757. The molecule has 0 spiro atoms. The molecular formula is C10H12ClN3. The highest BCUT2D eigenvalue weighted by atomic mass is 35.5. The monoisotopic (exact) mass is 209 g/mol. The third-order valence-corrected chi connectivity index (χ3v) is 2.48. The van der Waals surface area contributed by atoms with E-state index >= 15 is 0 Å². The Kier molecular flexibility index (Phi) is 2.44. The molecule has 74 valence electrons. The van der Waals surface area contributed by atoms with Crippen LogP contribution >= 0.6 is 11.6 Å². The maximum atomic E-state index is 6.02. The molecule has 0 aliphatic carbocycles. The third kappa shape index (κ3) is 1.49. The van der Waals surface area contributed by atoms with Crippen molar-refractivity contribution in [1.82, 2.24) is 15.5 Å². The number of hydrogen-bond acceptors (Lipinski definition) is 2. The predicted octanol–water partition coefficient (Wildman–Crippen LogP) is 2.24. The molecule has 14 heavy (non-hydrogen) atoms. The van der Waals surface area contributed by atoms with Gasteiger partial charge in [-0.05, 0) is 31.7 Å². The van der Waals surface area contributed by atoms with Crippen LogP contribution in [-0.4, -0.2) is 17.2 Å². The number of H-pyrrole nitrogens is 1. The van der Waals surface area contributed by atoms with E-state index in [1.165, 1.54) is 0 Å². The highest BCUT2D eigenvalue weighted by molar-refractivity contribution is 6.31. The Hall–Kier alpha value is -1.06. The van der Waals surface area contributed by atoms with Gasteiger partial charge in [0, 0.05) is 22.6 Å². The summed E-state index contributed by atoms with van der Waals surface area (Å²) in [6, 6.07) is 3.88. The molecule has 3 nitrogen and oxygen atoms in total. The second-order valence-corrected chi connectivity index (χ2v) is 3.78. The number of hydrogen-bond donors (Lipinski definition) is 2. The van der Waals surface area contributed by atoms with Gasteiger partial charge in [0.05, 0.1) is 5.52 Å². The van der Waals surface area contributed by atoms with Gasteiger partial charge < -0.3 is 5.32 Å². The average Bonchev–Trinajstić information content (AvgIpc) is 2.49. The Morgan fingerprint density at radius 1 is 1.50 bits per heavy atom. The van der Waals surface area contributed by atoms with Crippen LogP contribution in [0.25, 0.3) is 10.9 Å². The lowest BCUT2D eigenvalue weighted by Gasteiger charge is -2.02. The van der Waals surface area contributed by atoms with Gasteiger partial charge in [-0.3, -0.25) is 5.10 Å². The van der Waals surface area contributed by atoms with E-state index in [2.05, 4.69) is 15.5 Å². The Labute approximate surface area is 87.5 Å². The highest BCUT2D eigenvalue weighted by Gasteiger charge is 2.07. The first-order chi connectivity index (χ1) is 6.72. The van der Waals surface area contributed by atoms with E-state index in [0.717, 1.165) is 33.7 Å². The number of aryl methyl sites for hydroxylation is 1. The molecule has 0 fully saturated rings. The molecule has 2 aromatic rings. The molecular weight excluding hydrogens is 198 g/mol. The van der Waals surface area contributed by atoms with Crippen molar-refractivity contribution in [2.75, 3.05) is 7.05 Å². The number of halogens is 1. The molecule has 1 aromatic carbocycles. The van der Waals surface area contributed by atoms with Crippen molar-refractivity contribution in [3.05, 3.63) is 28.4 Å². The van der Waals surface area contributed by atoms with Crippen LogP contribution in [0.4, 0.5) is 0 Å². The number of rotatable bonds is 2. The van der Waals surface area contributed by atoms with Gasteiger partial charge in [0.1, 0.15) is 0 Å². The van der Waals surface area contributed by atoms with Crippen molar-refractivity contribution in [2.45, 2.75) is 13.5 Å². The summed E-state index contributed by atoms with van der Waals surface area (Å²) in [5.41, 5.74) is 3.18. The van der Waals surface area contributed by atoms with Gasteiger partial charge in [0.15, 0.2) is 0 Å². The van der Waals surface area contributed by atoms with E-state index in [0.29, 0.717) is 0 Å². The lowest BCUT2D eigenvalue weighted by atomic mass is 10.1. The fraction of sp³-hybridized carbons (Fsp3) is 0.300. The molecule has 1 heterocycles. The van der Waals surface area contributed by atoms with Crippen LogP contribution < -0.4 is 5.32 Å². The largest absolute Gasteiger partial charge is 0.316 e. The maximum Gasteiger partial charge on any atom is 0.0969 e. The van der Waals surface area contributed by atoms with E-state index in [1.807, 2.05) is 26.1 Å². The van der Waals surface area contributed by atoms with E-state index in [1.54, 1.807) is 0 Å². The van der Waals surface area contributed by atoms with E-state index in [9.17, 15) is 0 Å². The summed E-state index contributed by atoms with van der Waals surface area (Å²) >= 11 is 6.02. The SMILES string of the molecule is CNCc1cc(Cl)cc2c(C)[nH]nc12. The summed E-state index contributed by atoms with van der Waals surface area (Å²) < 4.78 is 0. The first-order valence-electron chi connectivity index (χ1n) is 4.50. The molecule has 0 atom stereocenters. The predicted molar refractivity (Wildman–Crippen MR) is 58.6 cm³/mol. The molecule has 1 aromatic heterocycles. The number of aromatic nitrogens is 2. The van der Waals surface area contributed by atoms with Crippen LogP contribution in [0.3, 0.4) is 0 Å². The van der Waals surface area contributed by atoms with Crippen molar-refractivity contribution in [3.8, 4) is 0 Å². The van der Waals surface area contributed by atoms with Crippen LogP contribution in [0.2, 0.25) is 5.02 Å². The standard InChI is InChI=1S/C10H12ClN3/c1-6-9-4-8(11)3-7(5-12-2)10(9)14-13-6/h3-4,12H,5H2,1-2H3,(H,13,14). The van der Waals surface area contributed by atoms with Crippen LogP contribution in [0, 0.1) is 6.92 Å². The van der Waals surface area contributed by atoms with Gasteiger partial charge >= 0.3 is 0 Å². The van der Waals surface area contributed by atoms with E-state index < -0.39 is 0 Å². The first-order valence-corrected chi connectivity index (χ1v) is 4.88. The fourth-order valence-corrected chi connectivity index (χ4v) is 1.84. The second kappa shape index (κ2) is 3.59. The molecule has 0 radical (unpaired) electrons. The molecule has 2 rings (SSSR count). The van der Waals surface area contributed by atoms with Crippen molar-refractivity contribution in [3.63, 3.8) is 0 Å². The third-order valence-electron chi connectivity index (χ3n) is 2.26. The zero-order valence-corrected chi connectivity index (χ0v) is 8.94. The van der Waals surface area contributed by atoms with Gasteiger partial charge in [-0.25, -0.2) is 0 Å². The maximum absolute atomic E-state index is 6.02. The van der Waals surface area contributed by atoms with Crippen molar-refractivity contribution < 1.29 is 0 Å². The molecule has 0 saturated heterocycles. The summed E-state index contributed by atoms with van der Waals surface area (Å²) in [5, 5.41) is 12.2. The lowest BCUT2D eigenvalue weighted by molar-refractivity contribution is 0.821. The average molecular weight is 210 g/mol. The number of aromatic amines is 1. The van der Waals surface area contributed by atoms with Crippen LogP contribution in [0.1, 0.15) is 11.3 Å². The topological polar surface area (TPSA) is 40.7 Å². The van der Waals surface area contributed by atoms with Crippen molar-refractivity contribution in [2.24, 2.45) is 0 Å². The summed E-state index contributed by atoms with van der Waals surface area (Å²) in [6.07, 6.45) is 0. The van der Waals surface area contributed by atoms with Crippen molar-refractivity contribution >= 4 is 22.5 Å². The smallest absolute Gasteiger partial charge is 0.0969 e. The van der Waals surface area contributed by atoms with Gasteiger partial charge in [-0.2, -0.15) is 5.10 Å². The number of fused-ring (bicyclic) bond motifs is 1. The number of nitrogens with zero attached hydrogens (tertiary/aromatic N) is 1. The molecule has 0 bridgehead atoms. The van der Waals surface area contributed by atoms with Crippen LogP contribution in [0.15, 0.2) is 12.1 Å². The lowest BCUT2D eigenvalue weighted by Crippen LogP contribution is -2.05. The molecule has 0 saturated carbocycles. The molecule has 0 unspecified atom stereocenters. The summed E-state index contributed by atoms with van der Waals surface area (Å²) in [5.74, 6) is 0. The zero-order valence-electron chi connectivity index (χ0n) is 8.19. The Morgan fingerprint density at radius 3 is 3.00 bits per heavy atom. The number of benzene rings is 1. The summed E-state index contributed by atoms with van der Waals surface area (Å²) in [7, 11) is 1.91. The van der Waals surface area contributed by atoms with Crippen LogP contribution in [-0.2, 0) is 6.54 Å². The Bertz CT molecular complexity index is 462. The van der Waals surface area contributed by atoms with Gasteiger partial charge in [-0.1, -0.05) is 11.6 Å². The molecule has 4 heteroatoms. The van der Waals surface area contributed by atoms with Crippen LogP contribution in [0.5, 0.6) is 0 Å². The minimum atomic E-state index is 0.757. The quantitative estimate of drug-likeness (QED) is 0.797. The fourth-order valence-electron chi connectivity index (χ4n) is 1.60. The summed E-state index contributed by atoms with van der Waals surface area (Å²) in [4.78, 5) is 0. The zero-order chi connectivity index (χ0) is 10.1. The molecule has 0 aliphatic heterocycles. The van der Waals surface area contributed by atoms with Gasteiger partial charge in [0.25, 0.3) is 0 Å². The second-order valence-electron chi connectivity index (χ2n) is 3.34. The number of nitrogens with one attached hydrogen (secondary N) is 2. The first kappa shape index (κ1) is 9.49. The molecule has 0 aliphatic rings. The van der Waals surface area contributed by atoms with Crippen molar-refractivity contribution in [1.29, 1.82) is 0 Å². The van der Waals surface area contributed by atoms with Gasteiger partial charge in [-0.15, -0.1) is 0 Å². The highest BCUT2D eigenvalue weighted by Crippen LogP contribution is 2.24. The Morgan fingerprint density at radius 2 is 2.29 bits per heavy atom. The minimum Gasteiger partial charge on any atom is -0.316 e. The van der Waals surface area contributed by atoms with E-state index in [4.69, 9.17) is 11.6 Å². The molecule has 2 N–H and O–H groups in total. The van der Waals surface area contributed by atoms with E-state index in [-0.39, 0.29) is 0 Å². The van der Waals surface area contributed by atoms with Gasteiger partial charge in [0.2, 0.25) is 0 Å². The normalized spacial score (nSPS) is 11.1. The summed E-state index contributed by atoms with van der Waals surface area (Å²) in [6.45, 7) is 2.77. The molecule has 0 amide bonds. The Balaban J connectivity index is 2.68.